The van der Waals surface area contributed by atoms with E-state index in [-0.39, 0.29) is 38.7 Å². The number of nitrogens with zero attached hydrogens (tertiary/aromatic N) is 1. The second kappa shape index (κ2) is 8.52. The zero-order chi connectivity index (χ0) is 22.8. The number of carbonyl (C=O) groups excluding carboxylic acids is 1. The second-order valence-corrected chi connectivity index (χ2v) is 7.22. The van der Waals surface area contributed by atoms with Crippen molar-refractivity contribution in [2.24, 2.45) is 0 Å². The first-order valence-corrected chi connectivity index (χ1v) is 9.66. The lowest BCUT2D eigenvalue weighted by molar-refractivity contribution is -0.384. The number of rotatable bonds is 5. The molecule has 1 heterocycles. The number of non-ortho nitro benzene ring substituents is 1. The first-order chi connectivity index (χ1) is 15.3. The van der Waals surface area contributed by atoms with Gasteiger partial charge < -0.3 is 13.9 Å². The van der Waals surface area contributed by atoms with Gasteiger partial charge in [0.15, 0.2) is 0 Å². The molecule has 0 bridgehead atoms. The Morgan fingerprint density at radius 3 is 2.47 bits per heavy atom. The third-order valence-corrected chi connectivity index (χ3v) is 4.88. The third-order valence-electron chi connectivity index (χ3n) is 4.55. The molecule has 0 saturated heterocycles. The standard InChI is InChI=1S/C23H14ClNO7/c1-13-2-5-15(6-3-13)31-21-12-30-20-11-16(7-8-17(20)22(21)26)32-23(27)18-10-14(25(28)29)4-9-19(18)24/h2-12H,1H3. The van der Waals surface area contributed by atoms with Crippen molar-refractivity contribution in [3.8, 4) is 17.2 Å². The van der Waals surface area contributed by atoms with Crippen molar-refractivity contribution in [1.29, 1.82) is 0 Å². The molecular formula is C23H14ClNO7. The van der Waals surface area contributed by atoms with Crippen LogP contribution in [0.1, 0.15) is 15.9 Å². The largest absolute Gasteiger partial charge is 0.460 e. The number of hydrogen-bond donors (Lipinski definition) is 0. The molecule has 9 heteroatoms. The SMILES string of the molecule is Cc1ccc(Oc2coc3cc(OC(=O)c4cc([N+](=O)[O-])ccc4Cl)ccc3c2=O)cc1. The van der Waals surface area contributed by atoms with Gasteiger partial charge in [0.1, 0.15) is 23.3 Å². The summed E-state index contributed by atoms with van der Waals surface area (Å²) >= 11 is 5.97. The van der Waals surface area contributed by atoms with E-state index in [2.05, 4.69) is 0 Å². The van der Waals surface area contributed by atoms with Crippen LogP contribution in [0.4, 0.5) is 5.69 Å². The predicted molar refractivity (Wildman–Crippen MR) is 117 cm³/mol. The molecule has 32 heavy (non-hydrogen) atoms. The van der Waals surface area contributed by atoms with Crippen LogP contribution in [0.2, 0.25) is 5.02 Å². The molecule has 1 aromatic heterocycles. The van der Waals surface area contributed by atoms with Crippen molar-refractivity contribution < 1.29 is 23.6 Å². The Morgan fingerprint density at radius 2 is 1.75 bits per heavy atom. The first kappa shape index (κ1) is 21.1. The molecule has 0 aliphatic carbocycles. The van der Waals surface area contributed by atoms with Crippen molar-refractivity contribution >= 4 is 34.2 Å². The van der Waals surface area contributed by atoms with E-state index in [0.717, 1.165) is 11.6 Å². The summed E-state index contributed by atoms with van der Waals surface area (Å²) in [6.07, 6.45) is 1.17. The Bertz CT molecular complexity index is 1410. The fourth-order valence-electron chi connectivity index (χ4n) is 2.90. The molecule has 0 atom stereocenters. The number of carbonyl (C=O) groups is 1. The maximum atomic E-state index is 12.7. The van der Waals surface area contributed by atoms with Gasteiger partial charge in [-0.3, -0.25) is 14.9 Å². The number of fused-ring (bicyclic) bond motifs is 1. The molecule has 0 fully saturated rings. The number of benzene rings is 3. The van der Waals surface area contributed by atoms with E-state index in [1.54, 1.807) is 12.1 Å². The quantitative estimate of drug-likeness (QED) is 0.166. The number of nitro benzene ring substituents is 1. The fourth-order valence-corrected chi connectivity index (χ4v) is 3.10. The van der Waals surface area contributed by atoms with E-state index in [4.69, 9.17) is 25.5 Å². The summed E-state index contributed by atoms with van der Waals surface area (Å²) in [6, 6.07) is 14.8. The van der Waals surface area contributed by atoms with Gasteiger partial charge in [0.2, 0.25) is 11.2 Å². The maximum absolute atomic E-state index is 12.7. The molecule has 8 nitrogen and oxygen atoms in total. The van der Waals surface area contributed by atoms with Crippen molar-refractivity contribution in [3.63, 3.8) is 0 Å². The smallest absolute Gasteiger partial charge is 0.345 e. The lowest BCUT2D eigenvalue weighted by Gasteiger charge is -2.08. The van der Waals surface area contributed by atoms with Gasteiger partial charge in [-0.15, -0.1) is 0 Å². The van der Waals surface area contributed by atoms with Crippen LogP contribution in [0.15, 0.2) is 76.1 Å². The lowest BCUT2D eigenvalue weighted by atomic mass is 10.2. The van der Waals surface area contributed by atoms with Gasteiger partial charge in [-0.1, -0.05) is 29.3 Å². The molecule has 4 rings (SSSR count). The minimum Gasteiger partial charge on any atom is -0.460 e. The molecule has 0 amide bonds. The van der Waals surface area contributed by atoms with Crippen LogP contribution in [-0.4, -0.2) is 10.9 Å². The summed E-state index contributed by atoms with van der Waals surface area (Å²) in [6.45, 7) is 1.94. The van der Waals surface area contributed by atoms with Gasteiger partial charge in [0, 0.05) is 18.2 Å². The first-order valence-electron chi connectivity index (χ1n) is 9.28. The van der Waals surface area contributed by atoms with E-state index < -0.39 is 16.3 Å². The molecule has 4 aromatic rings. The second-order valence-electron chi connectivity index (χ2n) is 6.81. The zero-order valence-electron chi connectivity index (χ0n) is 16.5. The van der Waals surface area contributed by atoms with Crippen LogP contribution in [0.3, 0.4) is 0 Å². The molecule has 0 saturated carbocycles. The molecule has 3 aromatic carbocycles. The van der Waals surface area contributed by atoms with Crippen LogP contribution in [0, 0.1) is 17.0 Å². The summed E-state index contributed by atoms with van der Waals surface area (Å²) < 4.78 is 16.4. The topological polar surface area (TPSA) is 109 Å². The zero-order valence-corrected chi connectivity index (χ0v) is 17.3. The van der Waals surface area contributed by atoms with Crippen LogP contribution >= 0.6 is 11.6 Å². The Balaban J connectivity index is 1.60. The van der Waals surface area contributed by atoms with Gasteiger partial charge >= 0.3 is 5.97 Å². The Morgan fingerprint density at radius 1 is 1.03 bits per heavy atom. The number of nitro groups is 1. The summed E-state index contributed by atoms with van der Waals surface area (Å²) in [5.74, 6) is -0.323. The monoisotopic (exact) mass is 451 g/mol. The lowest BCUT2D eigenvalue weighted by Crippen LogP contribution is -2.10. The molecule has 0 aliphatic heterocycles. The van der Waals surface area contributed by atoms with Crippen LogP contribution in [-0.2, 0) is 0 Å². The molecule has 0 radical (unpaired) electrons. The number of esters is 1. The summed E-state index contributed by atoms with van der Waals surface area (Å²) in [4.78, 5) is 35.5. The fraction of sp³-hybridized carbons (Fsp3) is 0.0435. The Hall–Kier alpha value is -4.17. The number of aryl methyl sites for hydroxylation is 1. The molecule has 0 N–H and O–H groups in total. The number of halogens is 1. The Labute approximate surface area is 185 Å². The number of hydrogen-bond acceptors (Lipinski definition) is 7. The van der Waals surface area contributed by atoms with Crippen LogP contribution < -0.4 is 14.9 Å². The third kappa shape index (κ3) is 4.30. The Kier molecular flexibility index (Phi) is 5.61. The highest BCUT2D eigenvalue weighted by atomic mass is 35.5. The van der Waals surface area contributed by atoms with Crippen molar-refractivity contribution in [2.45, 2.75) is 6.92 Å². The van der Waals surface area contributed by atoms with Crippen molar-refractivity contribution in [3.05, 3.63) is 103 Å². The average molecular weight is 452 g/mol. The van der Waals surface area contributed by atoms with Gasteiger partial charge in [0.25, 0.3) is 5.69 Å². The van der Waals surface area contributed by atoms with E-state index >= 15 is 0 Å². The van der Waals surface area contributed by atoms with Crippen LogP contribution in [0.25, 0.3) is 11.0 Å². The maximum Gasteiger partial charge on any atom is 0.345 e. The van der Waals surface area contributed by atoms with Gasteiger partial charge in [0.05, 0.1) is 20.9 Å². The minimum atomic E-state index is -0.889. The van der Waals surface area contributed by atoms with Gasteiger partial charge in [-0.25, -0.2) is 4.79 Å². The van der Waals surface area contributed by atoms with E-state index in [9.17, 15) is 19.7 Å². The van der Waals surface area contributed by atoms with E-state index in [1.165, 1.54) is 36.6 Å². The van der Waals surface area contributed by atoms with E-state index in [1.807, 2.05) is 19.1 Å². The highest BCUT2D eigenvalue weighted by Gasteiger charge is 2.18. The molecule has 0 spiro atoms. The molecular weight excluding hydrogens is 438 g/mol. The summed E-state index contributed by atoms with van der Waals surface area (Å²) in [5.41, 5.74) is 0.362. The minimum absolute atomic E-state index is 0.00539. The van der Waals surface area contributed by atoms with Crippen molar-refractivity contribution in [1.82, 2.24) is 0 Å². The normalized spacial score (nSPS) is 10.7. The van der Waals surface area contributed by atoms with Gasteiger partial charge in [-0.2, -0.15) is 0 Å². The average Bonchev–Trinajstić information content (AvgIpc) is 2.77. The van der Waals surface area contributed by atoms with Gasteiger partial charge in [-0.05, 0) is 37.3 Å². The van der Waals surface area contributed by atoms with Crippen LogP contribution in [0.5, 0.6) is 17.2 Å². The molecule has 0 aliphatic rings. The number of ether oxygens (including phenoxy) is 2. The highest BCUT2D eigenvalue weighted by Crippen LogP contribution is 2.27. The molecule has 160 valence electrons. The highest BCUT2D eigenvalue weighted by molar-refractivity contribution is 6.33. The van der Waals surface area contributed by atoms with E-state index in [0.29, 0.717) is 5.75 Å². The van der Waals surface area contributed by atoms with Crippen molar-refractivity contribution in [2.75, 3.05) is 0 Å². The predicted octanol–water partition coefficient (Wildman–Crippen LogP) is 5.67. The summed E-state index contributed by atoms with van der Waals surface area (Å²) in [5, 5.41) is 11.2. The summed E-state index contributed by atoms with van der Waals surface area (Å²) in [7, 11) is 0. The molecule has 0 unspecified atom stereocenters.